The van der Waals surface area contributed by atoms with Crippen LogP contribution in [0.2, 0.25) is 0 Å². The Kier molecular flexibility index (Phi) is 4.70. The molecule has 4 rings (SSSR count). The van der Waals surface area contributed by atoms with Crippen molar-refractivity contribution in [1.82, 2.24) is 9.55 Å². The van der Waals surface area contributed by atoms with Crippen LogP contribution >= 0.6 is 0 Å². The van der Waals surface area contributed by atoms with Gasteiger partial charge in [-0.25, -0.2) is 4.79 Å². The van der Waals surface area contributed by atoms with E-state index in [1.54, 1.807) is 18.2 Å². The average molecular weight is 376 g/mol. The molecule has 0 bridgehead atoms. The Balaban J connectivity index is 1.64. The van der Waals surface area contributed by atoms with Gasteiger partial charge >= 0.3 is 5.69 Å². The number of aromatic nitrogens is 2. The molecule has 1 unspecified atom stereocenters. The summed E-state index contributed by atoms with van der Waals surface area (Å²) in [7, 11) is 0. The molecule has 0 amide bonds. The molecule has 10 heteroatoms. The summed E-state index contributed by atoms with van der Waals surface area (Å²) in [5.41, 5.74) is 5.48. The summed E-state index contributed by atoms with van der Waals surface area (Å²) in [6.45, 7) is 0.376. The molecule has 5 N–H and O–H groups in total. The van der Waals surface area contributed by atoms with Crippen molar-refractivity contribution < 1.29 is 24.4 Å². The monoisotopic (exact) mass is 376 g/mol. The number of nitrogens with two attached hydrogens (primary N) is 1. The minimum Gasteiger partial charge on any atom is -0.490 e. The number of ether oxygens (including phenoxy) is 3. The minimum atomic E-state index is -0.857. The van der Waals surface area contributed by atoms with Crippen molar-refractivity contribution in [3.63, 3.8) is 0 Å². The van der Waals surface area contributed by atoms with Gasteiger partial charge in [0.2, 0.25) is 0 Å². The Morgan fingerprint density at radius 1 is 1.41 bits per heavy atom. The zero-order valence-corrected chi connectivity index (χ0v) is 14.4. The van der Waals surface area contributed by atoms with Gasteiger partial charge in [0.15, 0.2) is 17.3 Å². The first-order valence-corrected chi connectivity index (χ1v) is 8.59. The van der Waals surface area contributed by atoms with Gasteiger partial charge in [0, 0.05) is 13.0 Å². The van der Waals surface area contributed by atoms with Crippen LogP contribution in [0.3, 0.4) is 0 Å². The fraction of sp³-hybridized carbons (Fsp3) is 0.412. The number of nitrogens with zero attached hydrogens (tertiary/aromatic N) is 2. The lowest BCUT2D eigenvalue weighted by molar-refractivity contribution is -0.0459. The number of hydrogen-bond donors (Lipinski definition) is 4. The number of fused-ring (bicyclic) bond motifs is 2. The van der Waals surface area contributed by atoms with Crippen molar-refractivity contribution >= 4 is 11.5 Å². The van der Waals surface area contributed by atoms with Gasteiger partial charge < -0.3 is 35.5 Å². The number of nitrogens with one attached hydrogen (secondary N) is 1. The highest BCUT2D eigenvalue weighted by Gasteiger charge is 2.36. The van der Waals surface area contributed by atoms with E-state index in [4.69, 9.17) is 19.9 Å². The summed E-state index contributed by atoms with van der Waals surface area (Å²) in [6, 6.07) is 5.30. The summed E-state index contributed by atoms with van der Waals surface area (Å²) in [4.78, 5) is 16.5. The van der Waals surface area contributed by atoms with Crippen LogP contribution in [0.4, 0.5) is 11.5 Å². The fourth-order valence-corrected chi connectivity index (χ4v) is 3.12. The number of aliphatic hydroxyl groups excluding tert-OH is 2. The van der Waals surface area contributed by atoms with Gasteiger partial charge in [0.25, 0.3) is 0 Å². The third-order valence-corrected chi connectivity index (χ3v) is 4.44. The smallest absolute Gasteiger partial charge is 0.351 e. The van der Waals surface area contributed by atoms with E-state index in [1.807, 2.05) is 0 Å². The zero-order valence-electron chi connectivity index (χ0n) is 14.4. The Morgan fingerprint density at radius 3 is 3.00 bits per heavy atom. The quantitative estimate of drug-likeness (QED) is 0.487. The van der Waals surface area contributed by atoms with E-state index in [0.717, 1.165) is 0 Å². The van der Waals surface area contributed by atoms with E-state index in [1.165, 1.54) is 10.8 Å². The molecule has 0 radical (unpaired) electrons. The van der Waals surface area contributed by atoms with E-state index < -0.39 is 24.1 Å². The van der Waals surface area contributed by atoms with Gasteiger partial charge in [-0.1, -0.05) is 6.07 Å². The molecule has 1 fully saturated rings. The van der Waals surface area contributed by atoms with Crippen LogP contribution in [-0.2, 0) is 4.74 Å². The molecule has 0 spiro atoms. The van der Waals surface area contributed by atoms with Crippen LogP contribution in [-0.4, -0.2) is 51.7 Å². The molecule has 3 atom stereocenters. The number of rotatable bonds is 5. The second-order valence-electron chi connectivity index (χ2n) is 6.25. The maximum absolute atomic E-state index is 12.4. The maximum atomic E-state index is 12.4. The van der Waals surface area contributed by atoms with E-state index in [-0.39, 0.29) is 18.8 Å². The molecule has 144 valence electrons. The van der Waals surface area contributed by atoms with E-state index in [2.05, 4.69) is 10.3 Å². The predicted octanol–water partition coefficient (Wildman–Crippen LogP) is 0.0708. The lowest BCUT2D eigenvalue weighted by Crippen LogP contribution is -2.29. The minimum absolute atomic E-state index is 0.173. The highest BCUT2D eigenvalue weighted by Crippen LogP contribution is 2.45. The number of para-hydroxylation sites is 1. The maximum Gasteiger partial charge on any atom is 0.351 e. The first-order valence-electron chi connectivity index (χ1n) is 8.59. The first kappa shape index (κ1) is 17.7. The third kappa shape index (κ3) is 3.23. The van der Waals surface area contributed by atoms with Crippen LogP contribution < -0.4 is 26.2 Å². The van der Waals surface area contributed by atoms with Crippen LogP contribution in [0.25, 0.3) is 0 Å². The highest BCUT2D eigenvalue weighted by atomic mass is 16.5. The second kappa shape index (κ2) is 7.16. The Hall–Kier alpha value is -2.66. The number of hydrogen-bond acceptors (Lipinski definition) is 9. The first-order chi connectivity index (χ1) is 13.1. The van der Waals surface area contributed by atoms with Crippen molar-refractivity contribution in [2.75, 3.05) is 25.1 Å². The molecule has 27 heavy (non-hydrogen) atoms. The zero-order chi connectivity index (χ0) is 19.0. The van der Waals surface area contributed by atoms with Gasteiger partial charge in [-0.05, 0) is 12.1 Å². The molecule has 2 aliphatic rings. The topological polar surface area (TPSA) is 141 Å². The van der Waals surface area contributed by atoms with Gasteiger partial charge in [0.05, 0.1) is 18.9 Å². The molecule has 0 saturated carbocycles. The molecular weight excluding hydrogens is 356 g/mol. The summed E-state index contributed by atoms with van der Waals surface area (Å²) in [5, 5.41) is 22.2. The Bertz CT molecular complexity index is 901. The standard InChI is InChI=1S/C17H20N4O6/c18-4-5-25-10-2-1-3-11-15(10)19-16-12(26-11)7-21(17(24)20-16)14-6-9(23)13(8-22)27-14/h1-3,7,9,13-14,22-23H,4-6,8,18H2,(H,19,20,24)/t9?,13-,14-/m1/s1. The lowest BCUT2D eigenvalue weighted by Gasteiger charge is -2.24. The van der Waals surface area contributed by atoms with Crippen molar-refractivity contribution in [3.05, 3.63) is 34.9 Å². The Morgan fingerprint density at radius 2 is 2.26 bits per heavy atom. The summed E-state index contributed by atoms with van der Waals surface area (Å²) in [5.74, 6) is 1.65. The molecule has 0 aliphatic carbocycles. The van der Waals surface area contributed by atoms with Crippen molar-refractivity contribution in [2.45, 2.75) is 24.9 Å². The SMILES string of the molecule is NCCOc1cccc2c1Nc1nc(=O)n([C@H]3CC(O)[C@@H](CO)O3)cc1O2. The van der Waals surface area contributed by atoms with E-state index in [0.29, 0.717) is 36.1 Å². The molecular formula is C17H20N4O6. The van der Waals surface area contributed by atoms with Crippen molar-refractivity contribution in [2.24, 2.45) is 5.73 Å². The lowest BCUT2D eigenvalue weighted by atomic mass is 10.2. The summed E-state index contributed by atoms with van der Waals surface area (Å²) < 4.78 is 18.2. The molecule has 10 nitrogen and oxygen atoms in total. The van der Waals surface area contributed by atoms with Crippen LogP contribution in [0.5, 0.6) is 17.2 Å². The number of aliphatic hydroxyl groups is 2. The molecule has 2 aromatic rings. The highest BCUT2D eigenvalue weighted by molar-refractivity contribution is 5.77. The van der Waals surface area contributed by atoms with Gasteiger partial charge in [0.1, 0.15) is 30.4 Å². The Labute approximate surface area is 154 Å². The van der Waals surface area contributed by atoms with Gasteiger partial charge in [-0.3, -0.25) is 4.57 Å². The molecule has 1 aromatic carbocycles. The van der Waals surface area contributed by atoms with E-state index in [9.17, 15) is 15.0 Å². The molecule has 3 heterocycles. The second-order valence-corrected chi connectivity index (χ2v) is 6.25. The van der Waals surface area contributed by atoms with Crippen LogP contribution in [0.1, 0.15) is 12.6 Å². The number of anilines is 2. The summed E-state index contributed by atoms with van der Waals surface area (Å²) >= 11 is 0. The third-order valence-electron chi connectivity index (χ3n) is 4.44. The molecule has 1 saturated heterocycles. The molecule has 2 aliphatic heterocycles. The van der Waals surface area contributed by atoms with Crippen LogP contribution in [0.15, 0.2) is 29.2 Å². The predicted molar refractivity (Wildman–Crippen MR) is 94.5 cm³/mol. The normalized spacial score (nSPS) is 23.1. The van der Waals surface area contributed by atoms with E-state index >= 15 is 0 Å². The largest absolute Gasteiger partial charge is 0.490 e. The van der Waals surface area contributed by atoms with Crippen LogP contribution in [0, 0.1) is 0 Å². The van der Waals surface area contributed by atoms with Crippen molar-refractivity contribution in [3.8, 4) is 17.2 Å². The van der Waals surface area contributed by atoms with Gasteiger partial charge in [-0.2, -0.15) is 4.98 Å². The number of benzene rings is 1. The van der Waals surface area contributed by atoms with Gasteiger partial charge in [-0.15, -0.1) is 0 Å². The van der Waals surface area contributed by atoms with Crippen molar-refractivity contribution in [1.29, 1.82) is 0 Å². The molecule has 1 aromatic heterocycles. The average Bonchev–Trinajstić information content (AvgIpc) is 3.04. The fourth-order valence-electron chi connectivity index (χ4n) is 3.12. The summed E-state index contributed by atoms with van der Waals surface area (Å²) in [6.07, 6.45) is -0.672.